The molecule has 0 aliphatic carbocycles. The highest BCUT2D eigenvalue weighted by atomic mass is 16.3. The highest BCUT2D eigenvalue weighted by Gasteiger charge is 2.23. The maximum Gasteiger partial charge on any atom is 0.258 e. The van der Waals surface area contributed by atoms with Gasteiger partial charge in [-0.3, -0.25) is 19.1 Å². The predicted octanol–water partition coefficient (Wildman–Crippen LogP) is 1.78. The molecule has 33 heavy (non-hydrogen) atoms. The largest absolute Gasteiger partial charge is 0.395 e. The van der Waals surface area contributed by atoms with E-state index in [1.54, 1.807) is 10.5 Å². The van der Waals surface area contributed by atoms with Crippen molar-refractivity contribution < 1.29 is 5.11 Å². The van der Waals surface area contributed by atoms with Crippen molar-refractivity contribution in [2.24, 2.45) is 0 Å². The molecule has 0 unspecified atom stereocenters. The van der Waals surface area contributed by atoms with Crippen LogP contribution in [0.5, 0.6) is 0 Å². The molecule has 4 aromatic heterocycles. The van der Waals surface area contributed by atoms with Crippen LogP contribution in [-0.2, 0) is 6.42 Å². The van der Waals surface area contributed by atoms with Gasteiger partial charge in [-0.15, -0.1) is 0 Å². The minimum Gasteiger partial charge on any atom is -0.395 e. The Kier molecular flexibility index (Phi) is 5.59. The summed E-state index contributed by atoms with van der Waals surface area (Å²) in [6.07, 6.45) is 4.56. The first-order valence-corrected chi connectivity index (χ1v) is 11.5. The average Bonchev–Trinajstić information content (AvgIpc) is 3.24. The lowest BCUT2D eigenvalue weighted by atomic mass is 10.1. The Morgan fingerprint density at radius 1 is 1.12 bits per heavy atom. The van der Waals surface area contributed by atoms with Gasteiger partial charge in [-0.1, -0.05) is 6.92 Å². The highest BCUT2D eigenvalue weighted by molar-refractivity contribution is 5.66. The van der Waals surface area contributed by atoms with Crippen molar-refractivity contribution in [2.75, 3.05) is 37.7 Å². The molecule has 9 nitrogen and oxygen atoms in total. The zero-order chi connectivity index (χ0) is 23.1. The van der Waals surface area contributed by atoms with Gasteiger partial charge in [-0.05, 0) is 38.5 Å². The summed E-state index contributed by atoms with van der Waals surface area (Å²) in [6, 6.07) is 7.74. The van der Waals surface area contributed by atoms with Crippen molar-refractivity contribution in [3.05, 3.63) is 58.4 Å². The number of nitrogens with zero attached hydrogens (tertiary/aromatic N) is 7. The van der Waals surface area contributed by atoms with E-state index in [0.29, 0.717) is 29.6 Å². The Bertz CT molecular complexity index is 1380. The highest BCUT2D eigenvalue weighted by Crippen LogP contribution is 2.22. The third kappa shape index (κ3) is 3.98. The Hall–Kier alpha value is -3.30. The number of hydrogen-bond acceptors (Lipinski definition) is 7. The average molecular weight is 448 g/mol. The fraction of sp³-hybridized carbons (Fsp3) is 0.417. The number of aromatic nitrogens is 5. The van der Waals surface area contributed by atoms with E-state index >= 15 is 0 Å². The molecule has 1 N–H and O–H groups in total. The van der Waals surface area contributed by atoms with Gasteiger partial charge in [0.15, 0.2) is 0 Å². The van der Waals surface area contributed by atoms with E-state index in [-0.39, 0.29) is 12.2 Å². The first-order chi connectivity index (χ1) is 16.0. The number of hydrogen-bond donors (Lipinski definition) is 1. The molecule has 1 saturated heterocycles. The number of aliphatic hydroxyl groups excluding tert-OH is 1. The van der Waals surface area contributed by atoms with E-state index in [9.17, 15) is 9.90 Å². The predicted molar refractivity (Wildman–Crippen MR) is 128 cm³/mol. The quantitative estimate of drug-likeness (QED) is 0.499. The minimum absolute atomic E-state index is 0.133. The number of aliphatic hydroxyl groups is 1. The molecule has 1 aliphatic heterocycles. The molecule has 0 bridgehead atoms. The first kappa shape index (κ1) is 21.5. The molecule has 0 amide bonds. The number of rotatable bonds is 5. The molecular formula is C24H29N7O2. The standard InChI is InChI=1S/C24H29N7O2/c1-4-19-22-11-21(27-31(22)13-16(2)25-19)20-12-24(33)30-15-18(5-6-23(30)26-20)29-8-7-28(9-10-32)17(3)14-29/h5-6,11-13,15,17,32H,4,7-10,14H2,1-3H3/t17-/m1/s1. The summed E-state index contributed by atoms with van der Waals surface area (Å²) in [6.45, 7) is 9.63. The summed E-state index contributed by atoms with van der Waals surface area (Å²) in [5.74, 6) is 0. The second-order valence-corrected chi connectivity index (χ2v) is 8.69. The molecule has 9 heteroatoms. The van der Waals surface area contributed by atoms with Crippen molar-refractivity contribution in [2.45, 2.75) is 33.2 Å². The number of fused-ring (bicyclic) bond motifs is 2. The van der Waals surface area contributed by atoms with Gasteiger partial charge in [0.1, 0.15) is 11.3 Å². The Morgan fingerprint density at radius 3 is 2.73 bits per heavy atom. The van der Waals surface area contributed by atoms with Crippen molar-refractivity contribution in [1.29, 1.82) is 0 Å². The monoisotopic (exact) mass is 447 g/mol. The van der Waals surface area contributed by atoms with Gasteiger partial charge >= 0.3 is 0 Å². The van der Waals surface area contributed by atoms with Gasteiger partial charge < -0.3 is 10.0 Å². The molecule has 1 aliphatic rings. The van der Waals surface area contributed by atoms with Crippen molar-refractivity contribution in [3.8, 4) is 11.4 Å². The van der Waals surface area contributed by atoms with Crippen LogP contribution in [0.2, 0.25) is 0 Å². The van der Waals surface area contributed by atoms with Crippen LogP contribution in [0, 0.1) is 6.92 Å². The van der Waals surface area contributed by atoms with Gasteiger partial charge in [0.05, 0.1) is 41.1 Å². The smallest absolute Gasteiger partial charge is 0.258 e. The number of aryl methyl sites for hydroxylation is 2. The third-order valence-corrected chi connectivity index (χ3v) is 6.41. The van der Waals surface area contributed by atoms with Crippen molar-refractivity contribution in [3.63, 3.8) is 0 Å². The number of β-amino-alcohol motifs (C(OH)–C–C–N with tert-alkyl or cyclic N) is 1. The molecule has 172 valence electrons. The third-order valence-electron chi connectivity index (χ3n) is 6.41. The zero-order valence-electron chi connectivity index (χ0n) is 19.3. The second kappa shape index (κ2) is 8.57. The molecule has 0 spiro atoms. The number of piperazine rings is 1. The summed E-state index contributed by atoms with van der Waals surface area (Å²) in [5, 5.41) is 13.9. The second-order valence-electron chi connectivity index (χ2n) is 8.69. The molecule has 5 rings (SSSR count). The lowest BCUT2D eigenvalue weighted by Crippen LogP contribution is -2.52. The lowest BCUT2D eigenvalue weighted by molar-refractivity contribution is 0.146. The van der Waals surface area contributed by atoms with Crippen LogP contribution in [0.4, 0.5) is 5.69 Å². The Balaban J connectivity index is 1.48. The van der Waals surface area contributed by atoms with Crippen LogP contribution >= 0.6 is 0 Å². The summed E-state index contributed by atoms with van der Waals surface area (Å²) < 4.78 is 3.42. The molecule has 4 aromatic rings. The number of pyridine rings is 1. The summed E-state index contributed by atoms with van der Waals surface area (Å²) in [7, 11) is 0. The van der Waals surface area contributed by atoms with Gasteiger partial charge in [-0.2, -0.15) is 5.10 Å². The van der Waals surface area contributed by atoms with E-state index in [4.69, 9.17) is 4.98 Å². The van der Waals surface area contributed by atoms with Crippen molar-refractivity contribution in [1.82, 2.24) is 28.9 Å². The van der Waals surface area contributed by atoms with Gasteiger partial charge in [-0.25, -0.2) is 9.50 Å². The zero-order valence-corrected chi connectivity index (χ0v) is 19.3. The lowest BCUT2D eigenvalue weighted by Gasteiger charge is -2.40. The van der Waals surface area contributed by atoms with E-state index in [1.807, 2.05) is 42.0 Å². The molecular weight excluding hydrogens is 418 g/mol. The van der Waals surface area contributed by atoms with Gasteiger partial charge in [0.2, 0.25) is 0 Å². The van der Waals surface area contributed by atoms with Crippen LogP contribution in [0.1, 0.15) is 25.2 Å². The van der Waals surface area contributed by atoms with E-state index < -0.39 is 0 Å². The molecule has 0 radical (unpaired) electrons. The maximum atomic E-state index is 13.0. The van der Waals surface area contributed by atoms with E-state index in [0.717, 1.165) is 48.6 Å². The summed E-state index contributed by atoms with van der Waals surface area (Å²) in [5.41, 5.74) is 5.49. The fourth-order valence-electron chi connectivity index (χ4n) is 4.67. The number of anilines is 1. The van der Waals surface area contributed by atoms with Crippen LogP contribution in [0.15, 0.2) is 41.5 Å². The molecule has 1 atom stereocenters. The van der Waals surface area contributed by atoms with E-state index in [2.05, 4.69) is 33.7 Å². The van der Waals surface area contributed by atoms with Crippen LogP contribution in [0.25, 0.3) is 22.6 Å². The molecule has 0 aromatic carbocycles. The summed E-state index contributed by atoms with van der Waals surface area (Å²) >= 11 is 0. The van der Waals surface area contributed by atoms with Crippen LogP contribution in [0.3, 0.4) is 0 Å². The fourth-order valence-corrected chi connectivity index (χ4v) is 4.67. The molecule has 1 fully saturated rings. The van der Waals surface area contributed by atoms with E-state index in [1.165, 1.54) is 0 Å². The maximum absolute atomic E-state index is 13.0. The first-order valence-electron chi connectivity index (χ1n) is 11.5. The minimum atomic E-state index is -0.133. The van der Waals surface area contributed by atoms with Gasteiger partial charge in [0, 0.05) is 44.5 Å². The Morgan fingerprint density at radius 2 is 1.97 bits per heavy atom. The summed E-state index contributed by atoms with van der Waals surface area (Å²) in [4.78, 5) is 26.9. The Labute approximate surface area is 191 Å². The molecule has 0 saturated carbocycles. The normalized spacial score (nSPS) is 17.3. The molecule has 5 heterocycles. The topological polar surface area (TPSA) is 91.3 Å². The van der Waals surface area contributed by atoms with Crippen molar-refractivity contribution >= 4 is 16.9 Å². The van der Waals surface area contributed by atoms with Crippen LogP contribution < -0.4 is 10.5 Å². The SMILES string of the molecule is CCc1nc(C)cn2nc(-c3cc(=O)n4cc(N5CCN(CCO)[C@H](C)C5)ccc4n3)cc12. The van der Waals surface area contributed by atoms with Crippen LogP contribution in [-0.4, -0.2) is 72.8 Å². The van der Waals surface area contributed by atoms with Gasteiger partial charge in [0.25, 0.3) is 5.56 Å².